The molecule has 1 unspecified atom stereocenters. The van der Waals surface area contributed by atoms with Crippen molar-refractivity contribution >= 4 is 17.6 Å². The number of halogens is 5. The van der Waals surface area contributed by atoms with E-state index in [-0.39, 0.29) is 23.3 Å². The lowest BCUT2D eigenvalue weighted by atomic mass is 9.97. The molecule has 8 nitrogen and oxygen atoms in total. The molecule has 13 heteroatoms. The van der Waals surface area contributed by atoms with Gasteiger partial charge in [-0.1, -0.05) is 0 Å². The molecule has 1 fully saturated rings. The van der Waals surface area contributed by atoms with Crippen LogP contribution in [0.25, 0.3) is 5.69 Å². The summed E-state index contributed by atoms with van der Waals surface area (Å²) in [7, 11) is 0. The fourth-order valence-electron chi connectivity index (χ4n) is 4.32. The Morgan fingerprint density at radius 2 is 1.82 bits per heavy atom. The molecule has 2 aromatic heterocycles. The van der Waals surface area contributed by atoms with E-state index in [1.807, 2.05) is 0 Å². The summed E-state index contributed by atoms with van der Waals surface area (Å²) in [5.41, 5.74) is -2.38. The smallest absolute Gasteiger partial charge is 0.312 e. The van der Waals surface area contributed by atoms with Crippen LogP contribution < -0.4 is 0 Å². The van der Waals surface area contributed by atoms with Gasteiger partial charge in [0, 0.05) is 24.5 Å². The summed E-state index contributed by atoms with van der Waals surface area (Å²) in [6.45, 7) is 0. The van der Waals surface area contributed by atoms with E-state index >= 15 is 8.78 Å². The van der Waals surface area contributed by atoms with E-state index in [4.69, 9.17) is 0 Å². The van der Waals surface area contributed by atoms with Crippen LogP contribution in [-0.4, -0.2) is 47.8 Å². The summed E-state index contributed by atoms with van der Waals surface area (Å²) in [6.07, 6.45) is 0.319. The van der Waals surface area contributed by atoms with Gasteiger partial charge in [0.15, 0.2) is 0 Å². The molecule has 3 aliphatic rings. The first kappa shape index (κ1) is 20.6. The molecule has 1 aliphatic carbocycles. The van der Waals surface area contributed by atoms with E-state index < -0.39 is 40.5 Å². The Balaban J connectivity index is 1.46. The van der Waals surface area contributed by atoms with Gasteiger partial charge in [0.1, 0.15) is 29.5 Å². The Bertz CT molecular complexity index is 1390. The Morgan fingerprint density at radius 3 is 2.41 bits per heavy atom. The predicted molar refractivity (Wildman–Crippen MR) is 106 cm³/mol. The molecular formula is C21H12F5N7O. The topological polar surface area (TPSA) is 88.6 Å². The van der Waals surface area contributed by atoms with Crippen molar-refractivity contribution in [2.24, 2.45) is 9.98 Å². The maximum absolute atomic E-state index is 15.3. The Labute approximate surface area is 187 Å². The Kier molecular flexibility index (Phi) is 4.08. The molecule has 1 spiro atoms. The zero-order valence-electron chi connectivity index (χ0n) is 17.0. The summed E-state index contributed by atoms with van der Waals surface area (Å²) in [5, 5.41) is 3.56. The van der Waals surface area contributed by atoms with Gasteiger partial charge in [0.25, 0.3) is 5.91 Å². The van der Waals surface area contributed by atoms with Crippen LogP contribution in [0.1, 0.15) is 35.7 Å². The normalized spacial score (nSPS) is 20.6. The summed E-state index contributed by atoms with van der Waals surface area (Å²) >= 11 is 0. The Morgan fingerprint density at radius 1 is 1.09 bits per heavy atom. The third kappa shape index (κ3) is 2.89. The third-order valence-electron chi connectivity index (χ3n) is 6.08. The minimum absolute atomic E-state index is 0.0470. The zero-order chi connectivity index (χ0) is 23.8. The van der Waals surface area contributed by atoms with Crippen molar-refractivity contribution in [2.75, 3.05) is 0 Å². The summed E-state index contributed by atoms with van der Waals surface area (Å²) in [6, 6.07) is 2.39. The number of hydrogen-bond donors (Lipinski definition) is 0. The summed E-state index contributed by atoms with van der Waals surface area (Å²) in [4.78, 5) is 30.4. The van der Waals surface area contributed by atoms with Crippen LogP contribution >= 0.6 is 0 Å². The van der Waals surface area contributed by atoms with Crippen LogP contribution in [0.15, 0.2) is 53.1 Å². The molecule has 0 N–H and O–H groups in total. The number of aliphatic imine (C=N–C) groups is 2. The van der Waals surface area contributed by atoms with Crippen molar-refractivity contribution in [3.05, 3.63) is 71.6 Å². The number of nitrogens with zero attached hydrogens (tertiary/aromatic N) is 7. The number of carbonyl (C=O) groups is 1. The van der Waals surface area contributed by atoms with E-state index in [9.17, 15) is 18.0 Å². The second-order valence-electron chi connectivity index (χ2n) is 8.11. The second kappa shape index (κ2) is 6.74. The quantitative estimate of drug-likeness (QED) is 0.545. The average Bonchev–Trinajstić information content (AvgIpc) is 3.15. The molecule has 1 saturated carbocycles. The maximum Gasteiger partial charge on any atom is 0.419 e. The summed E-state index contributed by atoms with van der Waals surface area (Å²) in [5.74, 6) is -2.43. The molecule has 2 aliphatic heterocycles. The van der Waals surface area contributed by atoms with Gasteiger partial charge >= 0.3 is 6.18 Å². The number of guanidine groups is 1. The SMILES string of the molecule is O=C1N=C2N=C(c3c(F)cc(-n4cc(C(F)(F)F)cn4)cc3F)C(c3ccncn3)N2C12CC2. The molecule has 6 rings (SSSR count). The first-order valence-electron chi connectivity index (χ1n) is 10.1. The number of alkyl halides is 3. The number of benzene rings is 1. The highest BCUT2D eigenvalue weighted by Gasteiger charge is 2.64. The largest absolute Gasteiger partial charge is 0.419 e. The maximum atomic E-state index is 15.3. The van der Waals surface area contributed by atoms with Crippen molar-refractivity contribution in [3.8, 4) is 5.69 Å². The lowest BCUT2D eigenvalue weighted by molar-refractivity contribution is -0.137. The number of amides is 1. The molecule has 0 radical (unpaired) electrons. The standard InChI is InChI=1S/C21H12F5N7O/c22-12-5-11(32-8-10(7-29-32)21(24,25)26)6-13(23)15(12)16-17(14-1-4-27-9-28-14)33-19(30-16)31-18(34)20(33)2-3-20/h1,4-9,17H,2-3H2. The van der Waals surface area contributed by atoms with Gasteiger partial charge in [-0.15, -0.1) is 0 Å². The molecule has 0 bridgehead atoms. The van der Waals surface area contributed by atoms with E-state index in [1.54, 1.807) is 11.0 Å². The van der Waals surface area contributed by atoms with Gasteiger partial charge in [-0.05, 0) is 18.9 Å². The minimum atomic E-state index is -4.65. The highest BCUT2D eigenvalue weighted by molar-refractivity contribution is 6.21. The van der Waals surface area contributed by atoms with Gasteiger partial charge in [-0.3, -0.25) is 4.79 Å². The molecule has 0 saturated heterocycles. The van der Waals surface area contributed by atoms with Gasteiger partial charge in [0.05, 0.1) is 34.4 Å². The molecule has 34 heavy (non-hydrogen) atoms. The van der Waals surface area contributed by atoms with Gasteiger partial charge in [0.2, 0.25) is 5.96 Å². The van der Waals surface area contributed by atoms with Crippen molar-refractivity contribution in [1.82, 2.24) is 24.6 Å². The number of carbonyl (C=O) groups excluding carboxylic acids is 1. The number of fused-ring (bicyclic) bond motifs is 2. The second-order valence-corrected chi connectivity index (χ2v) is 8.11. The van der Waals surface area contributed by atoms with Crippen LogP contribution in [0.5, 0.6) is 0 Å². The van der Waals surface area contributed by atoms with Crippen molar-refractivity contribution in [2.45, 2.75) is 30.6 Å². The highest BCUT2D eigenvalue weighted by Crippen LogP contribution is 2.53. The number of hydrogen-bond acceptors (Lipinski definition) is 6. The summed E-state index contributed by atoms with van der Waals surface area (Å²) < 4.78 is 70.0. The minimum Gasteiger partial charge on any atom is -0.312 e. The zero-order valence-corrected chi connectivity index (χ0v) is 17.0. The van der Waals surface area contributed by atoms with Crippen molar-refractivity contribution in [3.63, 3.8) is 0 Å². The number of rotatable bonds is 3. The lowest BCUT2D eigenvalue weighted by Gasteiger charge is -2.28. The van der Waals surface area contributed by atoms with Crippen LogP contribution in [0.3, 0.4) is 0 Å². The molecular weight excluding hydrogens is 461 g/mol. The first-order chi connectivity index (χ1) is 16.2. The highest BCUT2D eigenvalue weighted by atomic mass is 19.4. The lowest BCUT2D eigenvalue weighted by Crippen LogP contribution is -2.42. The third-order valence-corrected chi connectivity index (χ3v) is 6.08. The first-order valence-corrected chi connectivity index (χ1v) is 10.1. The van der Waals surface area contributed by atoms with Gasteiger partial charge < -0.3 is 4.90 Å². The Hall–Kier alpha value is -4.03. The van der Waals surface area contributed by atoms with Crippen molar-refractivity contribution in [1.29, 1.82) is 0 Å². The molecule has 1 amide bonds. The monoisotopic (exact) mass is 473 g/mol. The molecule has 172 valence electrons. The van der Waals surface area contributed by atoms with Crippen LogP contribution in [0.2, 0.25) is 0 Å². The van der Waals surface area contributed by atoms with E-state index in [2.05, 4.69) is 25.1 Å². The molecule has 4 heterocycles. The van der Waals surface area contributed by atoms with E-state index in [1.165, 1.54) is 12.5 Å². The van der Waals surface area contributed by atoms with Crippen LogP contribution in [0, 0.1) is 11.6 Å². The number of aromatic nitrogens is 4. The van der Waals surface area contributed by atoms with Crippen molar-refractivity contribution < 1.29 is 26.7 Å². The predicted octanol–water partition coefficient (Wildman–Crippen LogP) is 3.23. The van der Waals surface area contributed by atoms with E-state index in [0.29, 0.717) is 30.9 Å². The fourth-order valence-corrected chi connectivity index (χ4v) is 4.32. The fraction of sp³-hybridized carbons (Fsp3) is 0.238. The van der Waals surface area contributed by atoms with Gasteiger partial charge in [-0.25, -0.2) is 28.4 Å². The van der Waals surface area contributed by atoms with Crippen LogP contribution in [0.4, 0.5) is 22.0 Å². The van der Waals surface area contributed by atoms with Crippen LogP contribution in [-0.2, 0) is 11.0 Å². The molecule has 1 aromatic carbocycles. The molecule has 3 aromatic rings. The van der Waals surface area contributed by atoms with E-state index in [0.717, 1.165) is 16.8 Å². The van der Waals surface area contributed by atoms with Gasteiger partial charge in [-0.2, -0.15) is 23.3 Å². The molecule has 1 atom stereocenters. The average molecular weight is 473 g/mol.